The molecule has 2 N–H and O–H groups in total. The highest BCUT2D eigenvalue weighted by Gasteiger charge is 2.38. The van der Waals surface area contributed by atoms with Gasteiger partial charge in [0, 0.05) is 30.5 Å². The second kappa shape index (κ2) is 6.59. The standard InChI is InChI=1S/C16H24N2O.ClH/c1-4-16(2,3)15(19)18-10-13(14(17)11-18)12-8-6-5-7-9-12;/h5-9,13-14H,4,10-11,17H2,1-3H3;1H/t13-,14+;/m0./s1. The van der Waals surface area contributed by atoms with Gasteiger partial charge in [-0.05, 0) is 12.0 Å². The zero-order valence-corrected chi connectivity index (χ0v) is 13.3. The van der Waals surface area contributed by atoms with Crippen LogP contribution in [0.2, 0.25) is 0 Å². The highest BCUT2D eigenvalue weighted by Crippen LogP contribution is 2.31. The first kappa shape index (κ1) is 17.0. The van der Waals surface area contributed by atoms with E-state index < -0.39 is 0 Å². The van der Waals surface area contributed by atoms with Crippen molar-refractivity contribution < 1.29 is 4.79 Å². The zero-order chi connectivity index (χ0) is 14.0. The molecule has 0 aliphatic carbocycles. The minimum Gasteiger partial charge on any atom is -0.340 e. The van der Waals surface area contributed by atoms with Gasteiger partial charge in [-0.15, -0.1) is 12.4 Å². The smallest absolute Gasteiger partial charge is 0.228 e. The van der Waals surface area contributed by atoms with E-state index in [0.29, 0.717) is 6.54 Å². The van der Waals surface area contributed by atoms with Gasteiger partial charge in [0.25, 0.3) is 0 Å². The Labute approximate surface area is 127 Å². The van der Waals surface area contributed by atoms with E-state index in [1.54, 1.807) is 0 Å². The van der Waals surface area contributed by atoms with Crippen LogP contribution in [0.4, 0.5) is 0 Å². The molecule has 1 aliphatic heterocycles. The Morgan fingerprint density at radius 3 is 2.45 bits per heavy atom. The van der Waals surface area contributed by atoms with E-state index in [9.17, 15) is 4.79 Å². The summed E-state index contributed by atoms with van der Waals surface area (Å²) in [5.74, 6) is 0.488. The van der Waals surface area contributed by atoms with E-state index in [1.807, 2.05) is 36.9 Å². The predicted octanol–water partition coefficient (Wildman–Crippen LogP) is 2.80. The van der Waals surface area contributed by atoms with Gasteiger partial charge in [0.15, 0.2) is 0 Å². The number of benzene rings is 1. The fraction of sp³-hybridized carbons (Fsp3) is 0.562. The van der Waals surface area contributed by atoms with E-state index >= 15 is 0 Å². The van der Waals surface area contributed by atoms with Crippen LogP contribution in [-0.4, -0.2) is 29.9 Å². The molecule has 0 saturated carbocycles. The summed E-state index contributed by atoms with van der Waals surface area (Å²) in [5.41, 5.74) is 7.18. The molecular weight excluding hydrogens is 272 g/mol. The largest absolute Gasteiger partial charge is 0.340 e. The van der Waals surface area contributed by atoms with Crippen molar-refractivity contribution in [3.8, 4) is 0 Å². The van der Waals surface area contributed by atoms with Crippen molar-refractivity contribution >= 4 is 18.3 Å². The molecule has 2 atom stereocenters. The Balaban J connectivity index is 0.00000200. The molecule has 0 aromatic heterocycles. The topological polar surface area (TPSA) is 46.3 Å². The molecule has 1 aromatic carbocycles. The van der Waals surface area contributed by atoms with Gasteiger partial charge in [0.05, 0.1) is 0 Å². The summed E-state index contributed by atoms with van der Waals surface area (Å²) >= 11 is 0. The molecule has 4 heteroatoms. The third-order valence-corrected chi connectivity index (χ3v) is 4.34. The number of amides is 1. The van der Waals surface area contributed by atoms with Gasteiger partial charge in [-0.25, -0.2) is 0 Å². The number of carbonyl (C=O) groups excluding carboxylic acids is 1. The molecule has 1 heterocycles. The van der Waals surface area contributed by atoms with E-state index in [2.05, 4.69) is 19.1 Å². The number of hydrogen-bond acceptors (Lipinski definition) is 2. The molecule has 3 nitrogen and oxygen atoms in total. The minimum atomic E-state index is -0.286. The summed E-state index contributed by atoms with van der Waals surface area (Å²) < 4.78 is 0. The number of nitrogens with two attached hydrogens (primary N) is 1. The van der Waals surface area contributed by atoms with Gasteiger partial charge >= 0.3 is 0 Å². The third-order valence-electron chi connectivity index (χ3n) is 4.34. The van der Waals surface area contributed by atoms with Crippen molar-refractivity contribution in [3.05, 3.63) is 35.9 Å². The van der Waals surface area contributed by atoms with Crippen LogP contribution in [0.1, 0.15) is 38.7 Å². The van der Waals surface area contributed by atoms with Crippen molar-refractivity contribution in [1.29, 1.82) is 0 Å². The van der Waals surface area contributed by atoms with Crippen molar-refractivity contribution in [1.82, 2.24) is 4.90 Å². The van der Waals surface area contributed by atoms with Crippen LogP contribution in [0, 0.1) is 5.41 Å². The first-order valence-electron chi connectivity index (χ1n) is 7.05. The Morgan fingerprint density at radius 2 is 1.90 bits per heavy atom. The average molecular weight is 297 g/mol. The predicted molar refractivity (Wildman–Crippen MR) is 85.1 cm³/mol. The van der Waals surface area contributed by atoms with E-state index in [0.717, 1.165) is 13.0 Å². The molecule has 1 saturated heterocycles. The molecule has 1 aromatic rings. The fourth-order valence-corrected chi connectivity index (χ4v) is 2.63. The monoisotopic (exact) mass is 296 g/mol. The third kappa shape index (κ3) is 3.33. The summed E-state index contributed by atoms with van der Waals surface area (Å²) in [6.07, 6.45) is 0.855. The molecule has 1 amide bonds. The molecule has 1 fully saturated rings. The minimum absolute atomic E-state index is 0. The van der Waals surface area contributed by atoms with Crippen LogP contribution in [0.15, 0.2) is 30.3 Å². The number of halogens is 1. The second-order valence-electron chi connectivity index (χ2n) is 6.13. The Hall–Kier alpha value is -1.06. The number of carbonyl (C=O) groups is 1. The van der Waals surface area contributed by atoms with E-state index in [1.165, 1.54) is 5.56 Å². The maximum atomic E-state index is 12.5. The summed E-state index contributed by atoms with van der Waals surface area (Å²) in [6, 6.07) is 10.3. The lowest BCUT2D eigenvalue weighted by atomic mass is 9.88. The highest BCUT2D eigenvalue weighted by atomic mass is 35.5. The lowest BCUT2D eigenvalue weighted by molar-refractivity contribution is -0.139. The van der Waals surface area contributed by atoms with Crippen LogP contribution < -0.4 is 5.73 Å². The van der Waals surface area contributed by atoms with Crippen LogP contribution >= 0.6 is 12.4 Å². The quantitative estimate of drug-likeness (QED) is 0.932. The summed E-state index contributed by atoms with van der Waals surface area (Å²) in [5, 5.41) is 0. The molecule has 0 bridgehead atoms. The Kier molecular flexibility index (Phi) is 5.60. The van der Waals surface area contributed by atoms with Crippen LogP contribution in [0.3, 0.4) is 0 Å². The van der Waals surface area contributed by atoms with Gasteiger partial charge in [-0.1, -0.05) is 51.1 Å². The van der Waals surface area contributed by atoms with Crippen LogP contribution in [-0.2, 0) is 4.79 Å². The zero-order valence-electron chi connectivity index (χ0n) is 12.5. The number of likely N-dealkylation sites (tertiary alicyclic amines) is 1. The van der Waals surface area contributed by atoms with E-state index in [4.69, 9.17) is 5.73 Å². The van der Waals surface area contributed by atoms with Crippen molar-refractivity contribution in [2.75, 3.05) is 13.1 Å². The molecule has 1 aliphatic rings. The normalized spacial score (nSPS) is 22.5. The molecule has 0 unspecified atom stereocenters. The number of hydrogen-bond donors (Lipinski definition) is 1. The molecule has 20 heavy (non-hydrogen) atoms. The highest BCUT2D eigenvalue weighted by molar-refractivity contribution is 5.85. The molecular formula is C16H25ClN2O. The second-order valence-corrected chi connectivity index (χ2v) is 6.13. The van der Waals surface area contributed by atoms with E-state index in [-0.39, 0.29) is 35.7 Å². The summed E-state index contributed by atoms with van der Waals surface area (Å²) in [4.78, 5) is 14.4. The van der Waals surface area contributed by atoms with Gasteiger partial charge in [-0.3, -0.25) is 4.79 Å². The lowest BCUT2D eigenvalue weighted by Crippen LogP contribution is -2.40. The van der Waals surface area contributed by atoms with Gasteiger partial charge in [-0.2, -0.15) is 0 Å². The van der Waals surface area contributed by atoms with Crippen molar-refractivity contribution in [2.24, 2.45) is 11.1 Å². The molecule has 112 valence electrons. The Bertz CT molecular complexity index is 447. The van der Waals surface area contributed by atoms with Crippen LogP contribution in [0.5, 0.6) is 0 Å². The average Bonchev–Trinajstić information content (AvgIpc) is 2.80. The summed E-state index contributed by atoms with van der Waals surface area (Å²) in [6.45, 7) is 7.49. The maximum absolute atomic E-state index is 12.5. The summed E-state index contributed by atoms with van der Waals surface area (Å²) in [7, 11) is 0. The van der Waals surface area contributed by atoms with Gasteiger partial charge < -0.3 is 10.6 Å². The Morgan fingerprint density at radius 1 is 1.30 bits per heavy atom. The first-order chi connectivity index (χ1) is 8.95. The lowest BCUT2D eigenvalue weighted by Gasteiger charge is -2.28. The number of nitrogens with zero attached hydrogens (tertiary/aromatic N) is 1. The first-order valence-corrected chi connectivity index (χ1v) is 7.05. The SMILES string of the molecule is CCC(C)(C)C(=O)N1C[C@@H](N)[C@H](c2ccccc2)C1.Cl. The van der Waals surface area contributed by atoms with Crippen molar-refractivity contribution in [3.63, 3.8) is 0 Å². The van der Waals surface area contributed by atoms with Gasteiger partial charge in [0.1, 0.15) is 0 Å². The van der Waals surface area contributed by atoms with Crippen molar-refractivity contribution in [2.45, 2.75) is 39.2 Å². The molecule has 0 spiro atoms. The fourth-order valence-electron chi connectivity index (χ4n) is 2.63. The van der Waals surface area contributed by atoms with Crippen LogP contribution in [0.25, 0.3) is 0 Å². The maximum Gasteiger partial charge on any atom is 0.228 e. The molecule has 0 radical (unpaired) electrons. The number of rotatable bonds is 3. The molecule has 2 rings (SSSR count). The van der Waals surface area contributed by atoms with Gasteiger partial charge in [0.2, 0.25) is 5.91 Å².